The molecular formula is C16H16BrCl. The molecule has 94 valence electrons. The van der Waals surface area contributed by atoms with Crippen molar-refractivity contribution in [1.82, 2.24) is 0 Å². The van der Waals surface area contributed by atoms with Gasteiger partial charge in [0.2, 0.25) is 0 Å². The highest BCUT2D eigenvalue weighted by molar-refractivity contribution is 9.09. The van der Waals surface area contributed by atoms with Crippen molar-refractivity contribution in [3.63, 3.8) is 0 Å². The van der Waals surface area contributed by atoms with Crippen LogP contribution in [0, 0.1) is 13.8 Å². The van der Waals surface area contributed by atoms with Crippen LogP contribution in [0.3, 0.4) is 0 Å². The van der Waals surface area contributed by atoms with Gasteiger partial charge in [0, 0.05) is 0 Å². The minimum Gasteiger partial charge on any atom is -0.116 e. The van der Waals surface area contributed by atoms with Gasteiger partial charge in [0.15, 0.2) is 0 Å². The number of halogens is 2. The summed E-state index contributed by atoms with van der Waals surface area (Å²) in [4.78, 5) is 0.127. The van der Waals surface area contributed by atoms with Crippen LogP contribution in [0.1, 0.15) is 32.5 Å². The van der Waals surface area contributed by atoms with E-state index in [-0.39, 0.29) is 10.2 Å². The molecule has 0 aromatic heterocycles. The van der Waals surface area contributed by atoms with Gasteiger partial charge in [0.05, 0.1) is 10.2 Å². The Morgan fingerprint density at radius 3 is 1.61 bits per heavy atom. The van der Waals surface area contributed by atoms with Crippen LogP contribution in [0.4, 0.5) is 0 Å². The Morgan fingerprint density at radius 2 is 1.17 bits per heavy atom. The van der Waals surface area contributed by atoms with E-state index < -0.39 is 0 Å². The van der Waals surface area contributed by atoms with Crippen molar-refractivity contribution in [2.45, 2.75) is 24.1 Å². The fourth-order valence-corrected chi connectivity index (χ4v) is 2.74. The lowest BCUT2D eigenvalue weighted by atomic mass is 10.0. The molecule has 2 aromatic carbocycles. The van der Waals surface area contributed by atoms with Gasteiger partial charge < -0.3 is 0 Å². The van der Waals surface area contributed by atoms with Crippen LogP contribution in [0.5, 0.6) is 0 Å². The van der Waals surface area contributed by atoms with E-state index in [1.807, 2.05) is 0 Å². The molecule has 0 aliphatic rings. The Bertz CT molecular complexity index is 452. The van der Waals surface area contributed by atoms with E-state index in [9.17, 15) is 0 Å². The highest BCUT2D eigenvalue weighted by Crippen LogP contribution is 2.40. The maximum Gasteiger partial charge on any atom is 0.0751 e. The summed E-state index contributed by atoms with van der Waals surface area (Å²) < 4.78 is 0. The molecule has 18 heavy (non-hydrogen) atoms. The van der Waals surface area contributed by atoms with Gasteiger partial charge in [0.1, 0.15) is 0 Å². The first-order chi connectivity index (χ1) is 8.58. The molecule has 0 nitrogen and oxygen atoms in total. The molecule has 2 heteroatoms. The van der Waals surface area contributed by atoms with Gasteiger partial charge in [-0.15, -0.1) is 11.6 Å². The molecule has 0 radical (unpaired) electrons. The lowest BCUT2D eigenvalue weighted by Gasteiger charge is -2.17. The van der Waals surface area contributed by atoms with Crippen molar-refractivity contribution in [3.05, 3.63) is 70.8 Å². The van der Waals surface area contributed by atoms with E-state index in [1.165, 1.54) is 16.7 Å². The molecule has 0 aliphatic carbocycles. The van der Waals surface area contributed by atoms with Crippen molar-refractivity contribution < 1.29 is 0 Å². The van der Waals surface area contributed by atoms with Crippen molar-refractivity contribution >= 4 is 27.5 Å². The van der Waals surface area contributed by atoms with Crippen molar-refractivity contribution in [2.24, 2.45) is 0 Å². The van der Waals surface area contributed by atoms with Crippen LogP contribution in [-0.2, 0) is 0 Å². The lowest BCUT2D eigenvalue weighted by Crippen LogP contribution is -1.99. The number of aryl methyl sites for hydroxylation is 2. The van der Waals surface area contributed by atoms with Gasteiger partial charge in [-0.1, -0.05) is 75.6 Å². The third-order valence-electron chi connectivity index (χ3n) is 3.05. The van der Waals surface area contributed by atoms with E-state index in [4.69, 9.17) is 11.6 Å². The van der Waals surface area contributed by atoms with E-state index in [2.05, 4.69) is 78.3 Å². The summed E-state index contributed by atoms with van der Waals surface area (Å²) in [6.07, 6.45) is 0. The quantitative estimate of drug-likeness (QED) is 0.634. The zero-order valence-corrected chi connectivity index (χ0v) is 12.9. The smallest absolute Gasteiger partial charge is 0.0751 e. The average Bonchev–Trinajstić information content (AvgIpc) is 2.39. The van der Waals surface area contributed by atoms with Gasteiger partial charge in [-0.2, -0.15) is 0 Å². The van der Waals surface area contributed by atoms with Crippen LogP contribution in [-0.4, -0.2) is 0 Å². The highest BCUT2D eigenvalue weighted by atomic mass is 79.9. The Hall–Kier alpha value is -0.790. The van der Waals surface area contributed by atoms with Crippen molar-refractivity contribution in [3.8, 4) is 0 Å². The van der Waals surface area contributed by atoms with E-state index in [1.54, 1.807) is 0 Å². The summed E-state index contributed by atoms with van der Waals surface area (Å²) in [7, 11) is 0. The number of hydrogen-bond donors (Lipinski definition) is 0. The molecular weight excluding hydrogens is 308 g/mol. The number of hydrogen-bond acceptors (Lipinski definition) is 0. The predicted molar refractivity (Wildman–Crippen MR) is 82.6 cm³/mol. The zero-order chi connectivity index (χ0) is 13.1. The van der Waals surface area contributed by atoms with E-state index in [0.717, 1.165) is 5.56 Å². The molecule has 0 heterocycles. The fourth-order valence-electron chi connectivity index (χ4n) is 1.84. The Kier molecular flexibility index (Phi) is 4.47. The average molecular weight is 324 g/mol. The predicted octanol–water partition coefficient (Wildman–Crippen LogP) is 5.72. The lowest BCUT2D eigenvalue weighted by molar-refractivity contribution is 0.908. The molecule has 0 saturated carbocycles. The zero-order valence-electron chi connectivity index (χ0n) is 10.5. The summed E-state index contributed by atoms with van der Waals surface area (Å²) in [5.41, 5.74) is 4.87. The van der Waals surface area contributed by atoms with Crippen LogP contribution >= 0.6 is 27.5 Å². The van der Waals surface area contributed by atoms with Crippen LogP contribution < -0.4 is 0 Å². The Balaban J connectivity index is 2.20. The molecule has 0 unspecified atom stereocenters. The second-order valence-corrected chi connectivity index (χ2v) is 6.08. The molecule has 0 N–H and O–H groups in total. The van der Waals surface area contributed by atoms with Gasteiger partial charge in [-0.05, 0) is 25.0 Å². The van der Waals surface area contributed by atoms with Crippen molar-refractivity contribution in [1.29, 1.82) is 0 Å². The summed E-state index contributed by atoms with van der Waals surface area (Å²) in [6, 6.07) is 16.9. The molecule has 0 saturated heterocycles. The van der Waals surface area contributed by atoms with E-state index >= 15 is 0 Å². The number of alkyl halides is 2. The molecule has 2 aromatic rings. The molecule has 0 amide bonds. The standard InChI is InChI=1S/C16H16BrCl/c1-11-3-7-13(8-4-11)15(17)16(18)14-9-5-12(2)6-10-14/h3-10,15-16H,1-2H3/t15-,16+/m0/s1. The minimum atomic E-state index is -0.0618. The van der Waals surface area contributed by atoms with Crippen LogP contribution in [0.25, 0.3) is 0 Å². The summed E-state index contributed by atoms with van der Waals surface area (Å²) in [6.45, 7) is 4.17. The van der Waals surface area contributed by atoms with Gasteiger partial charge in [-0.3, -0.25) is 0 Å². The number of rotatable bonds is 3. The Morgan fingerprint density at radius 1 is 0.778 bits per heavy atom. The fraction of sp³-hybridized carbons (Fsp3) is 0.250. The van der Waals surface area contributed by atoms with Gasteiger partial charge >= 0.3 is 0 Å². The number of benzene rings is 2. The maximum absolute atomic E-state index is 6.54. The summed E-state index contributed by atoms with van der Waals surface area (Å²) in [5.74, 6) is 0. The normalized spacial score (nSPS) is 14.2. The van der Waals surface area contributed by atoms with Gasteiger partial charge in [0.25, 0.3) is 0 Å². The molecule has 0 fully saturated rings. The molecule has 0 bridgehead atoms. The van der Waals surface area contributed by atoms with Crippen LogP contribution in [0.15, 0.2) is 48.5 Å². The first-order valence-electron chi connectivity index (χ1n) is 5.99. The topological polar surface area (TPSA) is 0 Å². The largest absolute Gasteiger partial charge is 0.116 e. The van der Waals surface area contributed by atoms with Crippen molar-refractivity contribution in [2.75, 3.05) is 0 Å². The van der Waals surface area contributed by atoms with Crippen LogP contribution in [0.2, 0.25) is 0 Å². The maximum atomic E-state index is 6.54. The summed E-state index contributed by atoms with van der Waals surface area (Å²) in [5, 5.41) is -0.0618. The molecule has 0 aliphatic heterocycles. The minimum absolute atomic E-state index is 0.0618. The first-order valence-corrected chi connectivity index (χ1v) is 7.34. The monoisotopic (exact) mass is 322 g/mol. The second-order valence-electron chi connectivity index (χ2n) is 4.62. The van der Waals surface area contributed by atoms with E-state index in [0.29, 0.717) is 0 Å². The van der Waals surface area contributed by atoms with Gasteiger partial charge in [-0.25, -0.2) is 0 Å². The SMILES string of the molecule is Cc1ccc([C@@H](Cl)[C@@H](Br)c2ccc(C)cc2)cc1. The first kappa shape index (κ1) is 13.6. The summed E-state index contributed by atoms with van der Waals surface area (Å²) >= 11 is 10.2. The molecule has 0 spiro atoms. The molecule has 2 atom stereocenters. The highest BCUT2D eigenvalue weighted by Gasteiger charge is 2.19. The molecule has 2 rings (SSSR count). The third kappa shape index (κ3) is 3.15. The Labute approximate surface area is 122 Å². The second kappa shape index (κ2) is 5.90. The third-order valence-corrected chi connectivity index (χ3v) is 4.91.